The normalized spacial score (nSPS) is 11.5. The predicted molar refractivity (Wildman–Crippen MR) is 107 cm³/mol. The van der Waals surface area contributed by atoms with Gasteiger partial charge >= 0.3 is 7.60 Å². The highest BCUT2D eigenvalue weighted by Crippen LogP contribution is 2.37. The molecule has 2 aromatic heterocycles. The zero-order chi connectivity index (χ0) is 20.4. The number of aromatic nitrogens is 4. The summed E-state index contributed by atoms with van der Waals surface area (Å²) in [5, 5.41) is 2.70. The molecular weight excluding hydrogens is 393 g/mol. The van der Waals surface area contributed by atoms with Crippen LogP contribution in [0.1, 0.15) is 10.4 Å². The number of nitrogens with zero attached hydrogens (tertiary/aromatic N) is 4. The fourth-order valence-electron chi connectivity index (χ4n) is 2.92. The van der Waals surface area contributed by atoms with Gasteiger partial charge in [-0.15, -0.1) is 0 Å². The van der Waals surface area contributed by atoms with Crippen LogP contribution < -0.4 is 5.32 Å². The van der Waals surface area contributed by atoms with Crippen molar-refractivity contribution < 1.29 is 19.1 Å². The zero-order valence-corrected chi connectivity index (χ0v) is 15.9. The number of fused-ring (bicyclic) bond motifs is 1. The smallest absolute Gasteiger partial charge is 0.323 e. The average molecular weight is 409 g/mol. The van der Waals surface area contributed by atoms with Crippen LogP contribution in [0.4, 0.5) is 5.82 Å². The minimum atomic E-state index is -4.31. The summed E-state index contributed by atoms with van der Waals surface area (Å²) < 4.78 is 12.5. The standard InChI is InChI=1S/C19H16N5O4P/c25-19(15-8-4-7-14(9-15)13-5-2-1-3-6-13)23-17-16-18(21-10-20-17)24(11-22-16)12-29(26,27)28/h1-11H,12H2,(H2,26,27,28)(H,20,21,23,25). The molecule has 29 heavy (non-hydrogen) atoms. The third kappa shape index (κ3) is 4.22. The second kappa shape index (κ2) is 7.56. The molecule has 4 rings (SSSR count). The van der Waals surface area contributed by atoms with Gasteiger partial charge in [0.2, 0.25) is 0 Å². The van der Waals surface area contributed by atoms with Crippen molar-refractivity contribution in [3.8, 4) is 11.1 Å². The van der Waals surface area contributed by atoms with Gasteiger partial charge in [0.1, 0.15) is 12.6 Å². The molecule has 0 spiro atoms. The molecule has 4 aromatic rings. The van der Waals surface area contributed by atoms with Crippen LogP contribution in [0.5, 0.6) is 0 Å². The number of carbonyl (C=O) groups excluding carboxylic acids is 1. The van der Waals surface area contributed by atoms with Crippen molar-refractivity contribution in [2.45, 2.75) is 6.29 Å². The second-order valence-electron chi connectivity index (χ2n) is 6.32. The minimum absolute atomic E-state index is 0.162. The van der Waals surface area contributed by atoms with Crippen LogP contribution in [0.15, 0.2) is 67.3 Å². The van der Waals surface area contributed by atoms with E-state index in [4.69, 9.17) is 0 Å². The lowest BCUT2D eigenvalue weighted by Crippen LogP contribution is -2.13. The molecule has 9 nitrogen and oxygen atoms in total. The van der Waals surface area contributed by atoms with Crippen molar-refractivity contribution in [1.29, 1.82) is 0 Å². The van der Waals surface area contributed by atoms with Gasteiger partial charge in [-0.3, -0.25) is 9.36 Å². The maximum atomic E-state index is 12.7. The lowest BCUT2D eigenvalue weighted by Gasteiger charge is -2.08. The van der Waals surface area contributed by atoms with Crippen LogP contribution in [0.25, 0.3) is 22.3 Å². The van der Waals surface area contributed by atoms with Crippen molar-refractivity contribution in [3.05, 3.63) is 72.8 Å². The van der Waals surface area contributed by atoms with Crippen LogP contribution in [0.2, 0.25) is 0 Å². The Morgan fingerprint density at radius 1 is 1.00 bits per heavy atom. The minimum Gasteiger partial charge on any atom is -0.323 e. The first kappa shape index (κ1) is 18.9. The molecule has 0 saturated heterocycles. The lowest BCUT2D eigenvalue weighted by molar-refractivity contribution is 0.102. The van der Waals surface area contributed by atoms with Gasteiger partial charge in [-0.25, -0.2) is 15.0 Å². The summed E-state index contributed by atoms with van der Waals surface area (Å²) in [5.41, 5.74) is 2.79. The quantitative estimate of drug-likeness (QED) is 0.432. The number of amides is 1. The summed E-state index contributed by atoms with van der Waals surface area (Å²) in [4.78, 5) is 43.3. The number of anilines is 1. The van der Waals surface area contributed by atoms with Crippen molar-refractivity contribution in [2.24, 2.45) is 0 Å². The summed E-state index contributed by atoms with van der Waals surface area (Å²) in [6.45, 7) is 0. The third-order valence-corrected chi connectivity index (χ3v) is 4.87. The maximum absolute atomic E-state index is 12.7. The molecule has 3 N–H and O–H groups in total. The van der Waals surface area contributed by atoms with Crippen LogP contribution in [0, 0.1) is 0 Å². The molecule has 0 unspecified atom stereocenters. The molecule has 0 saturated carbocycles. The van der Waals surface area contributed by atoms with Crippen molar-refractivity contribution in [2.75, 3.05) is 5.32 Å². The molecule has 146 valence electrons. The topological polar surface area (TPSA) is 130 Å². The Kier molecular flexibility index (Phi) is 4.94. The van der Waals surface area contributed by atoms with E-state index in [1.54, 1.807) is 18.2 Å². The lowest BCUT2D eigenvalue weighted by atomic mass is 10.0. The number of carbonyl (C=O) groups is 1. The van der Waals surface area contributed by atoms with E-state index in [9.17, 15) is 19.1 Å². The Labute approximate surface area is 165 Å². The van der Waals surface area contributed by atoms with Crippen molar-refractivity contribution >= 4 is 30.5 Å². The Hall–Kier alpha value is -3.39. The van der Waals surface area contributed by atoms with Gasteiger partial charge in [0.15, 0.2) is 17.0 Å². The SMILES string of the molecule is O=C(Nc1ncnc2c1ncn2CP(=O)(O)O)c1cccc(-c2ccccc2)c1. The molecule has 10 heteroatoms. The van der Waals surface area contributed by atoms with Gasteiger partial charge in [0.05, 0.1) is 6.33 Å². The molecule has 1 amide bonds. The van der Waals surface area contributed by atoms with Gasteiger partial charge in [-0.05, 0) is 23.3 Å². The van der Waals surface area contributed by atoms with Gasteiger partial charge in [0, 0.05) is 5.56 Å². The van der Waals surface area contributed by atoms with Crippen LogP contribution in [-0.2, 0) is 10.9 Å². The van der Waals surface area contributed by atoms with E-state index in [0.717, 1.165) is 11.1 Å². The number of hydrogen-bond acceptors (Lipinski definition) is 5. The molecule has 0 aliphatic carbocycles. The third-order valence-electron chi connectivity index (χ3n) is 4.20. The molecule has 0 atom stereocenters. The van der Waals surface area contributed by atoms with E-state index >= 15 is 0 Å². The Balaban J connectivity index is 1.62. The maximum Gasteiger partial charge on any atom is 0.345 e. The highest BCUT2D eigenvalue weighted by Gasteiger charge is 2.19. The highest BCUT2D eigenvalue weighted by molar-refractivity contribution is 7.50. The number of benzene rings is 2. The molecule has 2 heterocycles. The molecule has 0 bridgehead atoms. The Morgan fingerprint density at radius 2 is 1.76 bits per heavy atom. The number of imidazole rings is 1. The van der Waals surface area contributed by atoms with E-state index in [0.29, 0.717) is 5.56 Å². The second-order valence-corrected chi connectivity index (χ2v) is 7.93. The Bertz CT molecular complexity index is 1240. The summed E-state index contributed by atoms with van der Waals surface area (Å²) in [6.07, 6.45) is 1.90. The number of nitrogens with one attached hydrogen (secondary N) is 1. The van der Waals surface area contributed by atoms with Crippen molar-refractivity contribution in [1.82, 2.24) is 19.5 Å². The Morgan fingerprint density at radius 3 is 2.52 bits per heavy atom. The molecule has 0 radical (unpaired) electrons. The highest BCUT2D eigenvalue weighted by atomic mass is 31.2. The van der Waals surface area contributed by atoms with Crippen LogP contribution in [0.3, 0.4) is 0 Å². The monoisotopic (exact) mass is 409 g/mol. The summed E-state index contributed by atoms with van der Waals surface area (Å²) in [5.74, 6) is -0.220. The molecule has 0 fully saturated rings. The van der Waals surface area contributed by atoms with Gasteiger partial charge < -0.3 is 19.7 Å². The van der Waals surface area contributed by atoms with Crippen LogP contribution >= 0.6 is 7.60 Å². The molecule has 0 aliphatic rings. The van der Waals surface area contributed by atoms with E-state index < -0.39 is 13.9 Å². The van der Waals surface area contributed by atoms with Gasteiger partial charge in [-0.2, -0.15) is 0 Å². The zero-order valence-electron chi connectivity index (χ0n) is 15.0. The van der Waals surface area contributed by atoms with Gasteiger partial charge in [0.25, 0.3) is 5.91 Å². The number of rotatable bonds is 5. The van der Waals surface area contributed by atoms with Gasteiger partial charge in [-0.1, -0.05) is 42.5 Å². The fraction of sp³-hybridized carbons (Fsp3) is 0.0526. The molecule has 0 aliphatic heterocycles. The first-order valence-corrected chi connectivity index (χ1v) is 10.4. The van der Waals surface area contributed by atoms with Crippen LogP contribution in [-0.4, -0.2) is 35.2 Å². The summed E-state index contributed by atoms with van der Waals surface area (Å²) >= 11 is 0. The predicted octanol–water partition coefficient (Wildman–Crippen LogP) is 2.88. The van der Waals surface area contributed by atoms with E-state index in [1.165, 1.54) is 17.2 Å². The van der Waals surface area contributed by atoms with E-state index in [2.05, 4.69) is 20.3 Å². The first-order valence-electron chi connectivity index (χ1n) is 8.58. The van der Waals surface area contributed by atoms with Crippen molar-refractivity contribution in [3.63, 3.8) is 0 Å². The average Bonchev–Trinajstić information content (AvgIpc) is 3.11. The molecular formula is C19H16N5O4P. The fourth-order valence-corrected chi connectivity index (χ4v) is 3.53. The molecule has 2 aromatic carbocycles. The number of hydrogen-bond donors (Lipinski definition) is 3. The largest absolute Gasteiger partial charge is 0.345 e. The van der Waals surface area contributed by atoms with E-state index in [-0.39, 0.29) is 22.9 Å². The summed E-state index contributed by atoms with van der Waals surface area (Å²) in [7, 11) is -4.31. The summed E-state index contributed by atoms with van der Waals surface area (Å²) in [6, 6.07) is 16.9. The van der Waals surface area contributed by atoms with E-state index in [1.807, 2.05) is 36.4 Å². The first-order chi connectivity index (χ1) is 13.9.